The van der Waals surface area contributed by atoms with Crippen LogP contribution in [0.3, 0.4) is 0 Å². The van der Waals surface area contributed by atoms with Gasteiger partial charge in [-0.25, -0.2) is 4.79 Å². The summed E-state index contributed by atoms with van der Waals surface area (Å²) in [6, 6.07) is 5.86. The summed E-state index contributed by atoms with van der Waals surface area (Å²) in [6.07, 6.45) is 3.56. The Bertz CT molecular complexity index is 619. The molecule has 3 rings (SSSR count). The lowest BCUT2D eigenvalue weighted by atomic mass is 10.0. The molecule has 1 aromatic rings. The summed E-state index contributed by atoms with van der Waals surface area (Å²) >= 11 is 0. The van der Waals surface area contributed by atoms with E-state index in [1.807, 2.05) is 44.0 Å². The third kappa shape index (κ3) is 3.37. The van der Waals surface area contributed by atoms with Gasteiger partial charge < -0.3 is 15.1 Å². The van der Waals surface area contributed by atoms with Crippen LogP contribution in [0.2, 0.25) is 0 Å². The molecule has 0 radical (unpaired) electrons. The average molecular weight is 330 g/mol. The molecule has 2 heterocycles. The molecule has 3 amide bonds. The predicted molar refractivity (Wildman–Crippen MR) is 91.1 cm³/mol. The van der Waals surface area contributed by atoms with Crippen molar-refractivity contribution in [3.8, 4) is 0 Å². The highest BCUT2D eigenvalue weighted by Crippen LogP contribution is 2.59. The van der Waals surface area contributed by atoms with Crippen LogP contribution >= 0.6 is 0 Å². The van der Waals surface area contributed by atoms with Crippen molar-refractivity contribution in [1.82, 2.24) is 20.1 Å². The zero-order chi connectivity index (χ0) is 17.3. The van der Waals surface area contributed by atoms with Gasteiger partial charge in [0.05, 0.1) is 12.2 Å². The summed E-state index contributed by atoms with van der Waals surface area (Å²) in [6.45, 7) is 5.88. The molecule has 2 unspecified atom stereocenters. The first-order valence-electron chi connectivity index (χ1n) is 8.62. The summed E-state index contributed by atoms with van der Waals surface area (Å²) in [4.78, 5) is 32.7. The molecule has 130 valence electrons. The smallest absolute Gasteiger partial charge is 0.317 e. The maximum absolute atomic E-state index is 12.7. The van der Waals surface area contributed by atoms with Crippen LogP contribution in [0.1, 0.15) is 32.4 Å². The first-order valence-corrected chi connectivity index (χ1v) is 8.62. The second-order valence-electron chi connectivity index (χ2n) is 7.41. The Morgan fingerprint density at radius 1 is 1.46 bits per heavy atom. The van der Waals surface area contributed by atoms with Gasteiger partial charge in [0, 0.05) is 43.7 Å². The maximum atomic E-state index is 12.7. The number of likely N-dealkylation sites (tertiary alicyclic amines) is 1. The normalized spacial score (nSPS) is 25.2. The third-order valence-electron chi connectivity index (χ3n) is 5.07. The number of carbonyl (C=O) groups excluding carboxylic acids is 2. The number of nitrogens with one attached hydrogen (secondary N) is 1. The predicted octanol–water partition coefficient (Wildman–Crippen LogP) is 1.87. The fraction of sp³-hybridized carbons (Fsp3) is 0.611. The molecule has 6 heteroatoms. The van der Waals surface area contributed by atoms with Crippen molar-refractivity contribution in [2.24, 2.45) is 11.3 Å². The molecule has 1 saturated heterocycles. The van der Waals surface area contributed by atoms with Gasteiger partial charge in [0.2, 0.25) is 5.91 Å². The van der Waals surface area contributed by atoms with Gasteiger partial charge in [0.25, 0.3) is 0 Å². The molecular formula is C18H26N4O2. The highest BCUT2D eigenvalue weighted by molar-refractivity contribution is 5.83. The molecule has 1 aromatic heterocycles. The van der Waals surface area contributed by atoms with Crippen molar-refractivity contribution >= 4 is 11.9 Å². The van der Waals surface area contributed by atoms with E-state index in [1.54, 1.807) is 11.1 Å². The number of hydrogen-bond acceptors (Lipinski definition) is 3. The second-order valence-corrected chi connectivity index (χ2v) is 7.41. The first kappa shape index (κ1) is 16.7. The molecule has 1 spiro atoms. The van der Waals surface area contributed by atoms with E-state index in [0.717, 1.165) is 25.1 Å². The summed E-state index contributed by atoms with van der Waals surface area (Å²) < 4.78 is 0. The number of urea groups is 1. The van der Waals surface area contributed by atoms with Crippen molar-refractivity contribution < 1.29 is 9.59 Å². The van der Waals surface area contributed by atoms with Crippen LogP contribution < -0.4 is 5.32 Å². The van der Waals surface area contributed by atoms with Crippen LogP contribution in [-0.4, -0.2) is 52.9 Å². The molecule has 1 saturated carbocycles. The number of amides is 3. The number of nitrogens with zero attached hydrogens (tertiary/aromatic N) is 3. The Labute approximate surface area is 143 Å². The topological polar surface area (TPSA) is 65.5 Å². The zero-order valence-electron chi connectivity index (χ0n) is 14.7. The Hall–Kier alpha value is -2.11. The summed E-state index contributed by atoms with van der Waals surface area (Å²) in [7, 11) is 1.83. The average Bonchev–Trinajstić information content (AvgIpc) is 3.06. The van der Waals surface area contributed by atoms with Gasteiger partial charge in [0.1, 0.15) is 0 Å². The van der Waals surface area contributed by atoms with Gasteiger partial charge in [-0.15, -0.1) is 0 Å². The van der Waals surface area contributed by atoms with Gasteiger partial charge in [-0.3, -0.25) is 9.78 Å². The standard InChI is InChI=1S/C18H26N4O2/c1-13(2)20-17(24)22-9-7-18(12-22)10-15(18)16(23)21(3)11-14-6-4-5-8-19-14/h4-6,8,13,15H,7,9-12H2,1-3H3,(H,20,24). The minimum absolute atomic E-state index is 0.00375. The number of pyridine rings is 1. The summed E-state index contributed by atoms with van der Waals surface area (Å²) in [5, 5.41) is 2.93. The Balaban J connectivity index is 1.55. The van der Waals surface area contributed by atoms with Crippen LogP contribution in [0.15, 0.2) is 24.4 Å². The van der Waals surface area contributed by atoms with E-state index in [2.05, 4.69) is 10.3 Å². The highest BCUT2D eigenvalue weighted by Gasteiger charge is 2.61. The van der Waals surface area contributed by atoms with E-state index in [4.69, 9.17) is 0 Å². The minimum atomic E-state index is -0.0122. The molecule has 1 N–H and O–H groups in total. The van der Waals surface area contributed by atoms with Crippen LogP contribution in [-0.2, 0) is 11.3 Å². The van der Waals surface area contributed by atoms with Crippen molar-refractivity contribution in [1.29, 1.82) is 0 Å². The van der Waals surface area contributed by atoms with E-state index < -0.39 is 0 Å². The summed E-state index contributed by atoms with van der Waals surface area (Å²) in [5.41, 5.74) is 0.899. The molecule has 2 fully saturated rings. The van der Waals surface area contributed by atoms with Crippen LogP contribution in [0.4, 0.5) is 4.79 Å². The number of aromatic nitrogens is 1. The molecule has 0 bridgehead atoms. The van der Waals surface area contributed by atoms with Gasteiger partial charge in [-0.2, -0.15) is 0 Å². The lowest BCUT2D eigenvalue weighted by Crippen LogP contribution is -2.42. The number of rotatable bonds is 4. The molecule has 0 aromatic carbocycles. The van der Waals surface area contributed by atoms with E-state index in [1.165, 1.54) is 0 Å². The van der Waals surface area contributed by atoms with Crippen molar-refractivity contribution in [3.05, 3.63) is 30.1 Å². The Morgan fingerprint density at radius 3 is 2.92 bits per heavy atom. The molecular weight excluding hydrogens is 304 g/mol. The molecule has 1 aliphatic carbocycles. The maximum Gasteiger partial charge on any atom is 0.317 e. The van der Waals surface area contributed by atoms with Crippen molar-refractivity contribution in [3.63, 3.8) is 0 Å². The number of hydrogen-bond donors (Lipinski definition) is 1. The van der Waals surface area contributed by atoms with Gasteiger partial charge >= 0.3 is 6.03 Å². The van der Waals surface area contributed by atoms with Gasteiger partial charge in [-0.1, -0.05) is 6.07 Å². The van der Waals surface area contributed by atoms with Gasteiger partial charge in [0.15, 0.2) is 0 Å². The third-order valence-corrected chi connectivity index (χ3v) is 5.07. The SMILES string of the molecule is CC(C)NC(=O)N1CCC2(CC2C(=O)N(C)Cc2ccccn2)C1. The Kier molecular flexibility index (Phi) is 4.47. The van der Waals surface area contributed by atoms with Crippen molar-refractivity contribution in [2.75, 3.05) is 20.1 Å². The van der Waals surface area contributed by atoms with E-state index in [9.17, 15) is 9.59 Å². The van der Waals surface area contributed by atoms with E-state index >= 15 is 0 Å². The van der Waals surface area contributed by atoms with E-state index in [0.29, 0.717) is 13.1 Å². The minimum Gasteiger partial charge on any atom is -0.340 e. The first-order chi connectivity index (χ1) is 11.4. The van der Waals surface area contributed by atoms with Crippen LogP contribution in [0.25, 0.3) is 0 Å². The Morgan fingerprint density at radius 2 is 2.25 bits per heavy atom. The highest BCUT2D eigenvalue weighted by atomic mass is 16.2. The molecule has 1 aliphatic heterocycles. The second kappa shape index (κ2) is 6.42. The molecule has 2 aliphatic rings. The largest absolute Gasteiger partial charge is 0.340 e. The lowest BCUT2D eigenvalue weighted by molar-refractivity contribution is -0.132. The van der Waals surface area contributed by atoms with E-state index in [-0.39, 0.29) is 29.3 Å². The quantitative estimate of drug-likeness (QED) is 0.916. The fourth-order valence-electron chi connectivity index (χ4n) is 3.63. The number of carbonyl (C=O) groups is 2. The lowest BCUT2D eigenvalue weighted by Gasteiger charge is -2.20. The molecule has 6 nitrogen and oxygen atoms in total. The van der Waals surface area contributed by atoms with Crippen LogP contribution in [0.5, 0.6) is 0 Å². The monoisotopic (exact) mass is 330 g/mol. The summed E-state index contributed by atoms with van der Waals surface area (Å²) in [5.74, 6) is 0.217. The fourth-order valence-corrected chi connectivity index (χ4v) is 3.63. The van der Waals surface area contributed by atoms with Crippen LogP contribution in [0, 0.1) is 11.3 Å². The van der Waals surface area contributed by atoms with Crippen molar-refractivity contribution in [2.45, 2.75) is 39.3 Å². The molecule has 2 atom stereocenters. The van der Waals surface area contributed by atoms with Gasteiger partial charge in [-0.05, 0) is 38.8 Å². The molecule has 24 heavy (non-hydrogen) atoms. The zero-order valence-corrected chi connectivity index (χ0v) is 14.7.